The number of nitrogens with one attached hydrogen (secondary N) is 1. The summed E-state index contributed by atoms with van der Waals surface area (Å²) in [6, 6.07) is 11.2. The number of hydrogen-bond acceptors (Lipinski definition) is 4. The van der Waals surface area contributed by atoms with Crippen LogP contribution in [-0.4, -0.2) is 19.2 Å². The van der Waals surface area contributed by atoms with E-state index in [1.807, 2.05) is 6.92 Å². The average Bonchev–Trinajstić information content (AvgIpc) is 2.51. The van der Waals surface area contributed by atoms with Gasteiger partial charge in [-0.25, -0.2) is 9.59 Å². The van der Waals surface area contributed by atoms with Crippen molar-refractivity contribution in [3.8, 4) is 5.75 Å². The largest absolute Gasteiger partial charge is 0.465 e. The molecule has 22 heavy (non-hydrogen) atoms. The first-order valence-corrected chi connectivity index (χ1v) is 6.81. The molecule has 0 saturated heterocycles. The molecule has 0 saturated carbocycles. The third-order valence-electron chi connectivity index (χ3n) is 2.92. The van der Waals surface area contributed by atoms with Crippen molar-refractivity contribution >= 4 is 29.4 Å². The monoisotopic (exact) mass is 319 g/mol. The van der Waals surface area contributed by atoms with E-state index in [9.17, 15) is 9.59 Å². The molecule has 0 heterocycles. The van der Waals surface area contributed by atoms with Gasteiger partial charge in [0.05, 0.1) is 12.7 Å². The van der Waals surface area contributed by atoms with Crippen molar-refractivity contribution in [2.24, 2.45) is 0 Å². The Hall–Kier alpha value is -2.53. The Balaban J connectivity index is 2.03. The smallest absolute Gasteiger partial charge is 0.417 e. The Morgan fingerprint density at radius 2 is 1.77 bits per heavy atom. The lowest BCUT2D eigenvalue weighted by Gasteiger charge is -2.09. The maximum Gasteiger partial charge on any atom is 0.417 e. The third-order valence-corrected chi connectivity index (χ3v) is 3.16. The number of methoxy groups -OCH3 is 1. The molecule has 0 atom stereocenters. The van der Waals surface area contributed by atoms with Gasteiger partial charge in [0.1, 0.15) is 5.75 Å². The quantitative estimate of drug-likeness (QED) is 0.867. The van der Waals surface area contributed by atoms with Gasteiger partial charge in [-0.05, 0) is 48.9 Å². The van der Waals surface area contributed by atoms with E-state index in [0.29, 0.717) is 22.0 Å². The molecule has 0 aliphatic rings. The maximum atomic E-state index is 11.9. The summed E-state index contributed by atoms with van der Waals surface area (Å²) < 4.78 is 9.73. The van der Waals surface area contributed by atoms with Crippen LogP contribution in [0.15, 0.2) is 42.5 Å². The van der Waals surface area contributed by atoms with E-state index in [2.05, 4.69) is 10.1 Å². The summed E-state index contributed by atoms with van der Waals surface area (Å²) in [6.07, 6.45) is -0.642. The van der Waals surface area contributed by atoms with Crippen molar-refractivity contribution in [2.45, 2.75) is 6.92 Å². The molecule has 0 unspecified atom stereocenters. The highest BCUT2D eigenvalue weighted by molar-refractivity contribution is 6.31. The molecule has 1 N–H and O–H groups in total. The molecular formula is C16H14ClNO4. The number of aryl methyl sites for hydroxylation is 1. The Kier molecular flexibility index (Phi) is 5.01. The van der Waals surface area contributed by atoms with Crippen molar-refractivity contribution in [2.75, 3.05) is 12.4 Å². The third kappa shape index (κ3) is 3.99. The Bertz CT molecular complexity index is 698. The van der Waals surface area contributed by atoms with Gasteiger partial charge < -0.3 is 9.47 Å². The van der Waals surface area contributed by atoms with Crippen LogP contribution in [-0.2, 0) is 4.74 Å². The number of benzene rings is 2. The molecular weight excluding hydrogens is 306 g/mol. The van der Waals surface area contributed by atoms with Crippen molar-refractivity contribution in [3.05, 3.63) is 58.6 Å². The highest BCUT2D eigenvalue weighted by Crippen LogP contribution is 2.21. The van der Waals surface area contributed by atoms with Crippen LogP contribution in [0.5, 0.6) is 5.75 Å². The first kappa shape index (κ1) is 15.9. The second kappa shape index (κ2) is 6.95. The summed E-state index contributed by atoms with van der Waals surface area (Å²) in [5, 5.41) is 3.13. The zero-order chi connectivity index (χ0) is 16.1. The fourth-order valence-corrected chi connectivity index (χ4v) is 1.92. The summed E-state index contributed by atoms with van der Waals surface area (Å²) >= 11 is 5.89. The van der Waals surface area contributed by atoms with E-state index in [1.165, 1.54) is 31.4 Å². The molecule has 0 aromatic heterocycles. The van der Waals surface area contributed by atoms with Gasteiger partial charge in [0.2, 0.25) is 0 Å². The zero-order valence-corrected chi connectivity index (χ0v) is 12.8. The predicted octanol–water partition coefficient (Wildman–Crippen LogP) is 4.05. The van der Waals surface area contributed by atoms with E-state index in [1.54, 1.807) is 18.2 Å². The molecule has 2 aromatic rings. The first-order valence-electron chi connectivity index (χ1n) is 6.43. The first-order chi connectivity index (χ1) is 10.5. The van der Waals surface area contributed by atoms with Crippen LogP contribution < -0.4 is 10.1 Å². The van der Waals surface area contributed by atoms with Gasteiger partial charge in [0, 0.05) is 10.7 Å². The van der Waals surface area contributed by atoms with Crippen LogP contribution >= 0.6 is 11.6 Å². The summed E-state index contributed by atoms with van der Waals surface area (Å²) in [7, 11) is 1.30. The summed E-state index contributed by atoms with van der Waals surface area (Å²) in [4.78, 5) is 23.2. The lowest BCUT2D eigenvalue weighted by Crippen LogP contribution is -2.17. The molecule has 0 spiro atoms. The number of rotatable bonds is 3. The van der Waals surface area contributed by atoms with E-state index in [-0.39, 0.29) is 0 Å². The number of amides is 1. The number of esters is 1. The van der Waals surface area contributed by atoms with Crippen LogP contribution in [0.1, 0.15) is 15.9 Å². The molecule has 6 heteroatoms. The van der Waals surface area contributed by atoms with E-state index in [4.69, 9.17) is 16.3 Å². The molecule has 2 rings (SSSR count). The number of halogens is 1. The van der Waals surface area contributed by atoms with Gasteiger partial charge in [0.25, 0.3) is 0 Å². The van der Waals surface area contributed by atoms with Gasteiger partial charge in [0.15, 0.2) is 0 Å². The minimum absolute atomic E-state index is 0.310. The number of anilines is 1. The van der Waals surface area contributed by atoms with Gasteiger partial charge in [-0.2, -0.15) is 0 Å². The minimum atomic E-state index is -0.642. The van der Waals surface area contributed by atoms with E-state index < -0.39 is 12.1 Å². The van der Waals surface area contributed by atoms with Crippen molar-refractivity contribution in [1.29, 1.82) is 0 Å². The van der Waals surface area contributed by atoms with Crippen LogP contribution in [0, 0.1) is 6.92 Å². The number of ether oxygens (including phenoxy) is 2. The molecule has 0 aliphatic carbocycles. The summed E-state index contributed by atoms with van der Waals surface area (Å²) in [5.74, 6) is -0.143. The Labute approximate surface area is 132 Å². The Morgan fingerprint density at radius 1 is 1.09 bits per heavy atom. The molecule has 0 bridgehead atoms. The van der Waals surface area contributed by atoms with Crippen molar-refractivity contribution < 1.29 is 19.1 Å². The molecule has 114 valence electrons. The fourth-order valence-electron chi connectivity index (χ4n) is 1.75. The van der Waals surface area contributed by atoms with Crippen LogP contribution in [0.3, 0.4) is 0 Å². The van der Waals surface area contributed by atoms with Gasteiger partial charge in [-0.15, -0.1) is 0 Å². The highest BCUT2D eigenvalue weighted by atomic mass is 35.5. The number of hydrogen-bond donors (Lipinski definition) is 1. The minimum Gasteiger partial charge on any atom is -0.465 e. The second-order valence-corrected chi connectivity index (χ2v) is 4.93. The standard InChI is InChI=1S/C16H14ClNO4/c1-10-3-6-12(17)9-14(10)18-16(20)22-13-7-4-11(5-8-13)15(19)21-2/h3-9H,1-2H3,(H,18,20). The number of carbonyl (C=O) groups is 2. The average molecular weight is 320 g/mol. The van der Waals surface area contributed by atoms with Gasteiger partial charge in [-0.1, -0.05) is 17.7 Å². The molecule has 0 radical (unpaired) electrons. The summed E-state index contributed by atoms with van der Waals surface area (Å²) in [5.41, 5.74) is 1.81. The Morgan fingerprint density at radius 3 is 2.41 bits per heavy atom. The lowest BCUT2D eigenvalue weighted by molar-refractivity contribution is 0.0600. The van der Waals surface area contributed by atoms with Gasteiger partial charge in [-0.3, -0.25) is 5.32 Å². The van der Waals surface area contributed by atoms with Gasteiger partial charge >= 0.3 is 12.1 Å². The van der Waals surface area contributed by atoms with Crippen LogP contribution in [0.2, 0.25) is 5.02 Å². The summed E-state index contributed by atoms with van der Waals surface area (Å²) in [6.45, 7) is 1.84. The van der Waals surface area contributed by atoms with E-state index >= 15 is 0 Å². The normalized spacial score (nSPS) is 9.95. The molecule has 5 nitrogen and oxygen atoms in total. The fraction of sp³-hybridized carbons (Fsp3) is 0.125. The topological polar surface area (TPSA) is 64.6 Å². The second-order valence-electron chi connectivity index (χ2n) is 4.49. The van der Waals surface area contributed by atoms with Crippen LogP contribution in [0.4, 0.5) is 10.5 Å². The molecule has 2 aromatic carbocycles. The van der Waals surface area contributed by atoms with Crippen molar-refractivity contribution in [1.82, 2.24) is 0 Å². The molecule has 0 fully saturated rings. The lowest BCUT2D eigenvalue weighted by atomic mass is 10.2. The molecule has 0 aliphatic heterocycles. The van der Waals surface area contributed by atoms with Crippen LogP contribution in [0.25, 0.3) is 0 Å². The van der Waals surface area contributed by atoms with E-state index in [0.717, 1.165) is 5.56 Å². The number of carbonyl (C=O) groups excluding carboxylic acids is 2. The predicted molar refractivity (Wildman–Crippen MR) is 83.6 cm³/mol. The highest BCUT2D eigenvalue weighted by Gasteiger charge is 2.09. The van der Waals surface area contributed by atoms with Crippen molar-refractivity contribution in [3.63, 3.8) is 0 Å². The SMILES string of the molecule is COC(=O)c1ccc(OC(=O)Nc2cc(Cl)ccc2C)cc1. The molecule has 1 amide bonds. The maximum absolute atomic E-state index is 11.9. The zero-order valence-electron chi connectivity index (χ0n) is 12.1.